The van der Waals surface area contributed by atoms with Gasteiger partial charge in [0.1, 0.15) is 36.6 Å². The standard InChI is InChI=1S/C52H65NO16/c1-10-21-61-22-23-62-27-38(56)66-43(40(32-17-13-11-14-18-32)53-48(60)69-49(5,6)7)47(59)65-36-25-35-41(67-46(58)33-19-15-12-16-20-33)44-51(26-34(51)24-37-52(44,28-63-37)68-31(4)55)45(57)42(64-30(3)54)39(29(36)2)50(35,8)9/h11-20,34-37,40-44H,10,21-28H2,1-9H3,(H,53,60)/t34-,35?,36+,37-,40+,41-,42-,43-,44+,51-,52+/m1/s1. The van der Waals surface area contributed by atoms with Crippen molar-refractivity contribution in [1.82, 2.24) is 5.32 Å². The largest absolute Gasteiger partial charge is 0.458 e. The minimum absolute atomic E-state index is 0.0300. The molecule has 11 atom stereocenters. The number of ketones is 1. The van der Waals surface area contributed by atoms with Crippen molar-refractivity contribution in [3.05, 3.63) is 82.9 Å². The summed E-state index contributed by atoms with van der Waals surface area (Å²) in [6.07, 6.45) is -5.80. The van der Waals surface area contributed by atoms with Crippen molar-refractivity contribution in [2.75, 3.05) is 33.0 Å². The van der Waals surface area contributed by atoms with Gasteiger partial charge in [-0.25, -0.2) is 19.2 Å². The van der Waals surface area contributed by atoms with Crippen LogP contribution in [0.4, 0.5) is 4.79 Å². The first-order valence-corrected chi connectivity index (χ1v) is 23.7. The number of fused-ring (bicyclic) bond motifs is 4. The smallest absolute Gasteiger partial charge is 0.408 e. The van der Waals surface area contributed by atoms with Crippen molar-refractivity contribution >= 4 is 41.7 Å². The molecule has 374 valence electrons. The lowest BCUT2D eigenvalue weighted by Gasteiger charge is -2.62. The minimum Gasteiger partial charge on any atom is -0.458 e. The molecule has 5 aliphatic rings. The molecule has 1 amide bonds. The molecule has 1 spiro atoms. The zero-order chi connectivity index (χ0) is 50.1. The van der Waals surface area contributed by atoms with Gasteiger partial charge in [0, 0.05) is 31.8 Å². The van der Waals surface area contributed by atoms with E-state index in [0.717, 1.165) is 6.42 Å². The Labute approximate surface area is 402 Å². The number of alkyl carbamates (subject to hydrolysis) is 1. The first-order chi connectivity index (χ1) is 32.6. The highest BCUT2D eigenvalue weighted by Gasteiger charge is 2.82. The Morgan fingerprint density at radius 1 is 0.855 bits per heavy atom. The maximum absolute atomic E-state index is 15.7. The van der Waals surface area contributed by atoms with Gasteiger partial charge in [-0.1, -0.05) is 69.3 Å². The molecule has 4 aliphatic carbocycles. The summed E-state index contributed by atoms with van der Waals surface area (Å²) in [5, 5.41) is 2.72. The fraction of sp³-hybridized carbons (Fsp3) is 0.596. The first-order valence-electron chi connectivity index (χ1n) is 23.7. The van der Waals surface area contributed by atoms with Gasteiger partial charge < -0.3 is 47.9 Å². The highest BCUT2D eigenvalue weighted by molar-refractivity contribution is 5.97. The van der Waals surface area contributed by atoms with Crippen LogP contribution in [0.25, 0.3) is 0 Å². The van der Waals surface area contributed by atoms with Gasteiger partial charge in [0.15, 0.2) is 17.5 Å². The van der Waals surface area contributed by atoms with E-state index in [0.29, 0.717) is 36.2 Å². The number of benzene rings is 2. The van der Waals surface area contributed by atoms with E-state index in [1.165, 1.54) is 13.8 Å². The topological polar surface area (TPSA) is 215 Å². The number of hydrogen-bond donors (Lipinski definition) is 1. The van der Waals surface area contributed by atoms with Crippen LogP contribution in [0.3, 0.4) is 0 Å². The van der Waals surface area contributed by atoms with E-state index in [1.807, 2.05) is 20.8 Å². The van der Waals surface area contributed by atoms with E-state index in [1.54, 1.807) is 88.4 Å². The number of hydrogen-bond acceptors (Lipinski definition) is 16. The van der Waals surface area contributed by atoms with Gasteiger partial charge in [-0.2, -0.15) is 0 Å². The Balaban J connectivity index is 1.34. The highest BCUT2D eigenvalue weighted by atomic mass is 16.6. The van der Waals surface area contributed by atoms with Gasteiger partial charge in [-0.05, 0) is 93.6 Å². The van der Waals surface area contributed by atoms with Crippen LogP contribution in [0.2, 0.25) is 0 Å². The maximum atomic E-state index is 15.7. The van der Waals surface area contributed by atoms with Crippen molar-refractivity contribution in [3.63, 3.8) is 0 Å². The quantitative estimate of drug-likeness (QED) is 0.0792. The zero-order valence-corrected chi connectivity index (χ0v) is 40.9. The molecule has 17 heteroatoms. The molecule has 3 saturated carbocycles. The van der Waals surface area contributed by atoms with Crippen LogP contribution < -0.4 is 5.32 Å². The van der Waals surface area contributed by atoms with Crippen LogP contribution in [0.1, 0.15) is 110 Å². The molecular formula is C52H65NO16. The second-order valence-electron chi connectivity index (χ2n) is 20.3. The molecule has 1 unspecified atom stereocenters. The number of esters is 5. The Kier molecular flexibility index (Phi) is 15.1. The molecule has 2 aromatic carbocycles. The number of Topliss-reactive ketones (excluding diaryl/α,β-unsaturated/α-hetero) is 1. The molecule has 69 heavy (non-hydrogen) atoms. The van der Waals surface area contributed by atoms with Crippen LogP contribution in [-0.4, -0.2) is 116 Å². The minimum atomic E-state index is -1.85. The van der Waals surface area contributed by atoms with Crippen molar-refractivity contribution in [2.45, 2.75) is 136 Å². The van der Waals surface area contributed by atoms with Crippen LogP contribution in [-0.2, 0) is 66.6 Å². The second kappa shape index (κ2) is 20.4. The summed E-state index contributed by atoms with van der Waals surface area (Å²) >= 11 is 0. The zero-order valence-electron chi connectivity index (χ0n) is 40.9. The summed E-state index contributed by atoms with van der Waals surface area (Å²) < 4.78 is 54.1. The van der Waals surface area contributed by atoms with E-state index in [2.05, 4.69) is 5.32 Å². The van der Waals surface area contributed by atoms with E-state index >= 15 is 9.59 Å². The molecule has 1 heterocycles. The summed E-state index contributed by atoms with van der Waals surface area (Å²) in [5.74, 6) is -6.61. The molecule has 1 aliphatic heterocycles. The normalized spacial score (nSPS) is 29.3. The van der Waals surface area contributed by atoms with Crippen molar-refractivity contribution in [3.8, 4) is 0 Å². The Hall–Kier alpha value is -5.65. The Morgan fingerprint density at radius 2 is 1.52 bits per heavy atom. The molecule has 7 rings (SSSR count). The van der Waals surface area contributed by atoms with Crippen LogP contribution in [0, 0.1) is 28.6 Å². The number of nitrogens with one attached hydrogen (secondary N) is 1. The van der Waals surface area contributed by atoms with Crippen molar-refractivity contribution < 1.29 is 76.2 Å². The van der Waals surface area contributed by atoms with Crippen LogP contribution in [0.15, 0.2) is 71.8 Å². The van der Waals surface area contributed by atoms with Gasteiger partial charge in [-0.3, -0.25) is 14.4 Å². The van der Waals surface area contributed by atoms with Gasteiger partial charge in [0.25, 0.3) is 0 Å². The monoisotopic (exact) mass is 959 g/mol. The third-order valence-electron chi connectivity index (χ3n) is 14.2. The highest BCUT2D eigenvalue weighted by Crippen LogP contribution is 2.74. The average molecular weight is 960 g/mol. The number of rotatable bonds is 17. The molecule has 2 bridgehead atoms. The Morgan fingerprint density at radius 3 is 2.13 bits per heavy atom. The predicted octanol–water partition coefficient (Wildman–Crippen LogP) is 6.35. The maximum Gasteiger partial charge on any atom is 0.408 e. The molecule has 1 N–H and O–H groups in total. The van der Waals surface area contributed by atoms with E-state index in [-0.39, 0.29) is 37.7 Å². The summed E-state index contributed by atoms with van der Waals surface area (Å²) in [5.41, 5.74) is -3.42. The van der Waals surface area contributed by atoms with Crippen molar-refractivity contribution in [2.24, 2.45) is 28.6 Å². The molecule has 0 radical (unpaired) electrons. The molecule has 17 nitrogen and oxygen atoms in total. The number of ether oxygens (including phenoxy) is 9. The lowest BCUT2D eigenvalue weighted by atomic mass is 9.50. The number of carbonyl (C=O) groups excluding carboxylic acids is 7. The Bertz CT molecular complexity index is 2310. The fourth-order valence-electron chi connectivity index (χ4n) is 11.3. The van der Waals surface area contributed by atoms with E-state index in [4.69, 9.17) is 42.6 Å². The van der Waals surface area contributed by atoms with Crippen molar-refractivity contribution in [1.29, 1.82) is 0 Å². The lowest BCUT2D eigenvalue weighted by Crippen LogP contribution is -2.74. The van der Waals surface area contributed by atoms with Crippen LogP contribution in [0.5, 0.6) is 0 Å². The van der Waals surface area contributed by atoms with E-state index < -0.39 is 119 Å². The molecule has 0 aromatic heterocycles. The summed E-state index contributed by atoms with van der Waals surface area (Å²) in [6, 6.07) is 15.3. The molecule has 1 saturated heterocycles. The molecule has 2 aromatic rings. The first kappa shape index (κ1) is 51.2. The second-order valence-corrected chi connectivity index (χ2v) is 20.3. The average Bonchev–Trinajstić information content (AvgIpc) is 4.01. The summed E-state index contributed by atoms with van der Waals surface area (Å²) in [6.45, 7) is 15.0. The number of amides is 1. The third-order valence-corrected chi connectivity index (χ3v) is 14.2. The predicted molar refractivity (Wildman–Crippen MR) is 244 cm³/mol. The van der Waals surface area contributed by atoms with Gasteiger partial charge >= 0.3 is 35.9 Å². The molecular weight excluding hydrogens is 895 g/mol. The summed E-state index contributed by atoms with van der Waals surface area (Å²) in [7, 11) is 0. The van der Waals surface area contributed by atoms with E-state index in [9.17, 15) is 24.0 Å². The SMILES string of the molecule is CCCOCCOCC(=O)O[C@@H](C(=O)O[C@H]1CC2[C@@H](OC(=O)c3ccccc3)[C@@H]3[C@]4(OC(C)=O)CO[C@@H]4C[C@@H]4C[C@@]43C(=O)[C@H](OC(C)=O)C(=C1C)C2(C)C)[C@@H](NC(=O)OC(C)(C)C)c1ccccc1. The third kappa shape index (κ3) is 10.5. The molecule has 4 fully saturated rings. The van der Waals surface area contributed by atoms with Gasteiger partial charge in [-0.15, -0.1) is 0 Å². The lowest BCUT2D eigenvalue weighted by molar-refractivity contribution is -0.311. The number of carbonyl (C=O) groups is 7. The van der Waals surface area contributed by atoms with Gasteiger partial charge in [0.05, 0.1) is 31.3 Å². The van der Waals surface area contributed by atoms with Crippen LogP contribution >= 0.6 is 0 Å². The van der Waals surface area contributed by atoms with Gasteiger partial charge in [0.2, 0.25) is 6.10 Å². The summed E-state index contributed by atoms with van der Waals surface area (Å²) in [4.78, 5) is 98.6. The fourth-order valence-corrected chi connectivity index (χ4v) is 11.3.